The first-order valence-electron chi connectivity index (χ1n) is 13.2. The molecule has 0 bridgehead atoms. The summed E-state index contributed by atoms with van der Waals surface area (Å²) in [6.45, 7) is 4.49. The zero-order valence-electron chi connectivity index (χ0n) is 20.5. The van der Waals surface area contributed by atoms with Gasteiger partial charge in [0.2, 0.25) is 4.96 Å². The average molecular weight is 506 g/mol. The third kappa shape index (κ3) is 4.82. The van der Waals surface area contributed by atoms with Gasteiger partial charge in [0.25, 0.3) is 0 Å². The highest BCUT2D eigenvalue weighted by atomic mass is 32.1. The predicted octanol–water partition coefficient (Wildman–Crippen LogP) is 6.01. The number of likely N-dealkylation sites (tertiary alicyclic amines) is 1. The summed E-state index contributed by atoms with van der Waals surface area (Å²) in [4.78, 5) is 20.6. The predicted molar refractivity (Wildman–Crippen MR) is 142 cm³/mol. The van der Waals surface area contributed by atoms with Gasteiger partial charge < -0.3 is 10.2 Å². The average Bonchev–Trinajstić information content (AvgIpc) is 3.63. The largest absolute Gasteiger partial charge is 0.310 e. The van der Waals surface area contributed by atoms with Gasteiger partial charge >= 0.3 is 0 Å². The molecule has 0 spiro atoms. The third-order valence-corrected chi connectivity index (χ3v) is 8.56. The molecule has 6 nitrogen and oxygen atoms in total. The Labute approximate surface area is 214 Å². The molecule has 2 aromatic carbocycles. The van der Waals surface area contributed by atoms with Gasteiger partial charge in [0.15, 0.2) is 11.6 Å². The number of halogens is 1. The summed E-state index contributed by atoms with van der Waals surface area (Å²) in [6.07, 6.45) is 8.69. The second-order valence-electron chi connectivity index (χ2n) is 10.1. The number of nitrogens with zero attached hydrogens (tertiary/aromatic N) is 4. The first-order valence-corrected chi connectivity index (χ1v) is 14.1. The quantitative estimate of drug-likeness (QED) is 0.235. The van der Waals surface area contributed by atoms with Gasteiger partial charge in [0.1, 0.15) is 5.82 Å². The number of aromatic nitrogens is 3. The van der Waals surface area contributed by atoms with E-state index in [0.717, 1.165) is 60.1 Å². The molecule has 8 heteroatoms. The fourth-order valence-corrected chi connectivity index (χ4v) is 6.52. The summed E-state index contributed by atoms with van der Waals surface area (Å²) in [5, 5.41) is 8.02. The molecule has 2 aromatic heterocycles. The maximum atomic E-state index is 15.0. The van der Waals surface area contributed by atoms with Gasteiger partial charge in [-0.1, -0.05) is 23.8 Å². The summed E-state index contributed by atoms with van der Waals surface area (Å²) in [5.41, 5.74) is 3.02. The molecule has 0 aliphatic carbocycles. The van der Waals surface area contributed by atoms with Crippen LogP contribution in [0.5, 0.6) is 0 Å². The second-order valence-corrected chi connectivity index (χ2v) is 11.1. The van der Waals surface area contributed by atoms with E-state index in [9.17, 15) is 9.18 Å². The molecule has 1 N–H and O–H groups in total. The first kappa shape index (κ1) is 23.7. The number of benzene rings is 2. The van der Waals surface area contributed by atoms with Gasteiger partial charge in [-0.3, -0.25) is 4.79 Å². The van der Waals surface area contributed by atoms with Crippen LogP contribution < -0.4 is 5.32 Å². The van der Waals surface area contributed by atoms with Crippen LogP contribution in [-0.4, -0.2) is 51.5 Å². The molecule has 36 heavy (non-hydrogen) atoms. The van der Waals surface area contributed by atoms with Crippen molar-refractivity contribution in [1.82, 2.24) is 24.8 Å². The topological polar surface area (TPSA) is 62.5 Å². The number of nitrogens with one attached hydrogen (secondary N) is 1. The van der Waals surface area contributed by atoms with Gasteiger partial charge in [-0.05, 0) is 101 Å². The van der Waals surface area contributed by atoms with E-state index in [4.69, 9.17) is 0 Å². The zero-order valence-corrected chi connectivity index (χ0v) is 21.3. The van der Waals surface area contributed by atoms with Crippen molar-refractivity contribution in [3.05, 3.63) is 53.3 Å². The van der Waals surface area contributed by atoms with Crippen LogP contribution in [0.4, 0.5) is 4.39 Å². The zero-order chi connectivity index (χ0) is 24.5. The molecule has 4 heterocycles. The fourth-order valence-electron chi connectivity index (χ4n) is 5.52. The Bertz CT molecular complexity index is 1380. The van der Waals surface area contributed by atoms with Gasteiger partial charge in [0, 0.05) is 18.0 Å². The van der Waals surface area contributed by atoms with Crippen LogP contribution in [0.2, 0.25) is 0 Å². The SMILES string of the molecule is O=C(CCCCN1CCCCC1)c1ccc2c(c1)sc1nc(-c3ccc([C@H]4CCCN4)cc3F)nn12. The van der Waals surface area contributed by atoms with Crippen LogP contribution in [0.25, 0.3) is 26.6 Å². The van der Waals surface area contributed by atoms with E-state index in [1.807, 2.05) is 24.3 Å². The smallest absolute Gasteiger partial charge is 0.213 e. The van der Waals surface area contributed by atoms with Crippen molar-refractivity contribution in [3.8, 4) is 11.4 Å². The third-order valence-electron chi connectivity index (χ3n) is 7.56. The number of rotatable bonds is 8. The summed E-state index contributed by atoms with van der Waals surface area (Å²) >= 11 is 1.48. The molecule has 1 atom stereocenters. The van der Waals surface area contributed by atoms with E-state index < -0.39 is 0 Å². The fraction of sp³-hybridized carbons (Fsp3) is 0.464. The van der Waals surface area contributed by atoms with Crippen LogP contribution in [0.15, 0.2) is 36.4 Å². The van der Waals surface area contributed by atoms with E-state index >= 15 is 0 Å². The number of carbonyl (C=O) groups is 1. The van der Waals surface area contributed by atoms with Crippen molar-refractivity contribution in [2.24, 2.45) is 0 Å². The Morgan fingerprint density at radius 3 is 2.78 bits per heavy atom. The number of unbranched alkanes of at least 4 members (excludes halogenated alkanes) is 1. The number of fused-ring (bicyclic) bond motifs is 3. The first-order chi connectivity index (χ1) is 17.7. The molecule has 4 aromatic rings. The van der Waals surface area contributed by atoms with Crippen molar-refractivity contribution in [2.45, 2.75) is 57.4 Å². The molecule has 2 aliphatic rings. The van der Waals surface area contributed by atoms with Crippen LogP contribution in [0.3, 0.4) is 0 Å². The lowest BCUT2D eigenvalue weighted by atomic mass is 10.0. The number of piperidine rings is 1. The summed E-state index contributed by atoms with van der Waals surface area (Å²) in [7, 11) is 0. The molecule has 2 fully saturated rings. The van der Waals surface area contributed by atoms with Crippen molar-refractivity contribution in [1.29, 1.82) is 0 Å². The molecule has 2 aliphatic heterocycles. The summed E-state index contributed by atoms with van der Waals surface area (Å²) in [6, 6.07) is 11.4. The van der Waals surface area contributed by atoms with E-state index in [1.165, 1.54) is 43.7 Å². The lowest BCUT2D eigenvalue weighted by Crippen LogP contribution is -2.30. The van der Waals surface area contributed by atoms with E-state index in [0.29, 0.717) is 22.8 Å². The minimum absolute atomic E-state index is 0.189. The molecule has 0 unspecified atom stereocenters. The molecule has 0 saturated carbocycles. The Morgan fingerprint density at radius 1 is 1.08 bits per heavy atom. The minimum atomic E-state index is -0.295. The van der Waals surface area contributed by atoms with Crippen LogP contribution in [-0.2, 0) is 0 Å². The number of Topliss-reactive ketones (excluding diaryl/α,β-unsaturated/α-hetero) is 1. The van der Waals surface area contributed by atoms with E-state index in [1.54, 1.807) is 16.6 Å². The van der Waals surface area contributed by atoms with Crippen molar-refractivity contribution >= 4 is 32.3 Å². The highest BCUT2D eigenvalue weighted by Gasteiger charge is 2.20. The number of ketones is 1. The van der Waals surface area contributed by atoms with Crippen molar-refractivity contribution < 1.29 is 9.18 Å². The van der Waals surface area contributed by atoms with Crippen LogP contribution in [0, 0.1) is 5.82 Å². The number of carbonyl (C=O) groups excluding carboxylic acids is 1. The van der Waals surface area contributed by atoms with Crippen LogP contribution in [0.1, 0.15) is 73.3 Å². The van der Waals surface area contributed by atoms with Crippen LogP contribution >= 0.6 is 11.3 Å². The number of thiazole rings is 1. The summed E-state index contributed by atoms with van der Waals surface area (Å²) in [5.74, 6) is 0.284. The highest BCUT2D eigenvalue weighted by molar-refractivity contribution is 7.23. The van der Waals surface area contributed by atoms with Crippen molar-refractivity contribution in [2.75, 3.05) is 26.2 Å². The molecular formula is C28H32FN5OS. The Morgan fingerprint density at radius 2 is 1.97 bits per heavy atom. The van der Waals surface area contributed by atoms with Gasteiger partial charge in [0.05, 0.1) is 15.8 Å². The maximum absolute atomic E-state index is 15.0. The molecular weight excluding hydrogens is 473 g/mol. The Hall–Kier alpha value is -2.68. The lowest BCUT2D eigenvalue weighted by molar-refractivity contribution is 0.0977. The molecule has 0 radical (unpaired) electrons. The minimum Gasteiger partial charge on any atom is -0.310 e. The Kier molecular flexibility index (Phi) is 6.82. The van der Waals surface area contributed by atoms with Gasteiger partial charge in [-0.2, -0.15) is 4.98 Å². The summed E-state index contributed by atoms with van der Waals surface area (Å²) < 4.78 is 17.7. The molecule has 188 valence electrons. The highest BCUT2D eigenvalue weighted by Crippen LogP contribution is 2.31. The standard InChI is InChI=1S/C28H32FN5OS/c29-22-17-19(23-7-6-13-30-23)9-11-21(22)27-31-28-34(32-27)24-12-10-20(18-26(24)36-28)25(35)8-2-5-16-33-14-3-1-4-15-33/h9-12,17-18,23,30H,1-8,13-16H2/t23-/m1/s1. The number of hydrogen-bond acceptors (Lipinski definition) is 6. The molecule has 2 saturated heterocycles. The van der Waals surface area contributed by atoms with E-state index in [-0.39, 0.29) is 17.6 Å². The molecule has 0 amide bonds. The Balaban J connectivity index is 1.14. The number of hydrogen-bond donors (Lipinski definition) is 1. The maximum Gasteiger partial charge on any atom is 0.213 e. The van der Waals surface area contributed by atoms with E-state index in [2.05, 4.69) is 20.3 Å². The van der Waals surface area contributed by atoms with Gasteiger partial charge in [-0.15, -0.1) is 5.10 Å². The molecule has 6 rings (SSSR count). The van der Waals surface area contributed by atoms with Crippen molar-refractivity contribution in [3.63, 3.8) is 0 Å². The second kappa shape index (κ2) is 10.4. The van der Waals surface area contributed by atoms with Gasteiger partial charge in [-0.25, -0.2) is 8.91 Å². The lowest BCUT2D eigenvalue weighted by Gasteiger charge is -2.26. The normalized spacial score (nSPS) is 19.0. The monoisotopic (exact) mass is 505 g/mol.